The van der Waals surface area contributed by atoms with Crippen LogP contribution in [-0.2, 0) is 14.3 Å². The number of ether oxygens (including phenoxy) is 2. The number of carbonyl (C=O) groups is 2. The van der Waals surface area contributed by atoms with E-state index < -0.39 is 5.92 Å². The minimum atomic E-state index is -0.484. The van der Waals surface area contributed by atoms with E-state index in [4.69, 9.17) is 21.1 Å². The lowest BCUT2D eigenvalue weighted by molar-refractivity contribution is -0.146. The Morgan fingerprint density at radius 1 is 0.696 bits per heavy atom. The Kier molecular flexibility index (Phi) is 15.2. The molecule has 5 rings (SSSR count). The Morgan fingerprint density at radius 2 is 1.28 bits per heavy atom. The van der Waals surface area contributed by atoms with Crippen LogP contribution in [0.1, 0.15) is 51.5 Å². The first-order chi connectivity index (χ1) is 21.5. The van der Waals surface area contributed by atoms with Crippen molar-refractivity contribution in [1.82, 2.24) is 9.80 Å². The molecule has 6 nitrogen and oxygen atoms in total. The molecule has 1 saturated heterocycles. The minimum absolute atomic E-state index is 0. The molecular weight excluding hydrogens is 643 g/mol. The molecule has 46 heavy (non-hydrogen) atoms. The maximum Gasteiger partial charge on any atom is 0.313 e. The molecule has 2 unspecified atom stereocenters. The number of halogens is 3. The summed E-state index contributed by atoms with van der Waals surface area (Å²) < 4.78 is 11.3. The van der Waals surface area contributed by atoms with Crippen LogP contribution in [0, 0.1) is 0 Å². The Hall–Kier alpha value is -3.23. The fourth-order valence-corrected chi connectivity index (χ4v) is 5.73. The lowest BCUT2D eigenvalue weighted by Gasteiger charge is -2.39. The van der Waals surface area contributed by atoms with Crippen LogP contribution >= 0.6 is 36.4 Å². The van der Waals surface area contributed by atoms with E-state index in [-0.39, 0.29) is 49.2 Å². The summed E-state index contributed by atoms with van der Waals surface area (Å²) >= 11 is 6.17. The maximum atomic E-state index is 12.8. The average molecular weight is 684 g/mol. The van der Waals surface area contributed by atoms with Crippen molar-refractivity contribution in [1.29, 1.82) is 0 Å². The van der Waals surface area contributed by atoms with Gasteiger partial charge in [-0.15, -0.1) is 24.8 Å². The highest BCUT2D eigenvalue weighted by Crippen LogP contribution is 2.30. The zero-order chi connectivity index (χ0) is 30.7. The highest BCUT2D eigenvalue weighted by Gasteiger charge is 2.26. The molecule has 0 aliphatic carbocycles. The molecule has 0 radical (unpaired) electrons. The third-order valence-electron chi connectivity index (χ3n) is 8.14. The molecule has 1 aliphatic rings. The highest BCUT2D eigenvalue weighted by atomic mass is 35.5. The average Bonchev–Trinajstić information content (AvgIpc) is 3.08. The molecule has 1 fully saturated rings. The number of nitrogens with zero attached hydrogens (tertiary/aromatic N) is 2. The quantitative estimate of drug-likeness (QED) is 0.0828. The van der Waals surface area contributed by atoms with Gasteiger partial charge in [-0.05, 0) is 41.8 Å². The lowest BCUT2D eigenvalue weighted by atomic mass is 9.96. The molecule has 0 bridgehead atoms. The van der Waals surface area contributed by atoms with E-state index in [0.717, 1.165) is 43.3 Å². The molecular formula is C37H41Cl3N2O4. The van der Waals surface area contributed by atoms with Crippen molar-refractivity contribution >= 4 is 48.2 Å². The molecule has 1 heterocycles. The van der Waals surface area contributed by atoms with Crippen LogP contribution in [0.4, 0.5) is 0 Å². The smallest absolute Gasteiger partial charge is 0.313 e. The van der Waals surface area contributed by atoms with Crippen molar-refractivity contribution in [2.45, 2.75) is 18.9 Å². The van der Waals surface area contributed by atoms with Gasteiger partial charge in [0.15, 0.2) is 5.78 Å². The Balaban J connectivity index is 0.00000288. The summed E-state index contributed by atoms with van der Waals surface area (Å²) in [5.74, 6) is -0.884. The molecule has 0 amide bonds. The molecule has 244 valence electrons. The zero-order valence-electron chi connectivity index (χ0n) is 25.9. The van der Waals surface area contributed by atoms with Gasteiger partial charge in [0.25, 0.3) is 0 Å². The van der Waals surface area contributed by atoms with Gasteiger partial charge in [0, 0.05) is 48.9 Å². The summed E-state index contributed by atoms with van der Waals surface area (Å²) in [6.07, 6.45) is 0. The first-order valence-corrected chi connectivity index (χ1v) is 15.6. The summed E-state index contributed by atoms with van der Waals surface area (Å²) in [6, 6.07) is 35.3. The van der Waals surface area contributed by atoms with Crippen LogP contribution in [0.2, 0.25) is 5.02 Å². The second-order valence-electron chi connectivity index (χ2n) is 11.1. The fourth-order valence-electron chi connectivity index (χ4n) is 5.60. The number of ketones is 1. The van der Waals surface area contributed by atoms with Crippen molar-refractivity contribution < 1.29 is 19.1 Å². The predicted molar refractivity (Wildman–Crippen MR) is 189 cm³/mol. The summed E-state index contributed by atoms with van der Waals surface area (Å²) in [4.78, 5) is 30.5. The van der Waals surface area contributed by atoms with Crippen LogP contribution in [0.3, 0.4) is 0 Å². The van der Waals surface area contributed by atoms with Gasteiger partial charge < -0.3 is 9.47 Å². The molecule has 0 aromatic heterocycles. The van der Waals surface area contributed by atoms with Gasteiger partial charge >= 0.3 is 5.97 Å². The molecule has 9 heteroatoms. The Morgan fingerprint density at radius 3 is 1.96 bits per heavy atom. The molecule has 4 aromatic carbocycles. The number of carbonyl (C=O) groups excluding carboxylic acids is 2. The van der Waals surface area contributed by atoms with E-state index in [1.807, 2.05) is 36.4 Å². The minimum Gasteiger partial charge on any atom is -0.463 e. The largest absolute Gasteiger partial charge is 0.463 e. The SMILES string of the molecule is CC(C(=O)OCCOCCN1CCN(C(c2ccccc2)c2ccc(Cl)cc2)CC1)c1cccc(C(=O)c2ccccc2)c1.Cl.Cl. The number of piperazine rings is 1. The second kappa shape index (κ2) is 18.8. The maximum absolute atomic E-state index is 12.8. The number of benzene rings is 4. The van der Waals surface area contributed by atoms with E-state index in [9.17, 15) is 9.59 Å². The second-order valence-corrected chi connectivity index (χ2v) is 11.5. The van der Waals surface area contributed by atoms with Gasteiger partial charge in [-0.1, -0.05) is 103 Å². The summed E-state index contributed by atoms with van der Waals surface area (Å²) in [5.41, 5.74) is 4.45. The number of esters is 1. The lowest BCUT2D eigenvalue weighted by Crippen LogP contribution is -2.48. The zero-order valence-corrected chi connectivity index (χ0v) is 28.3. The van der Waals surface area contributed by atoms with Crippen LogP contribution in [-0.4, -0.2) is 74.1 Å². The molecule has 0 saturated carbocycles. The topological polar surface area (TPSA) is 59.1 Å². The third-order valence-corrected chi connectivity index (χ3v) is 8.39. The van der Waals surface area contributed by atoms with E-state index in [1.165, 1.54) is 11.1 Å². The fraction of sp³-hybridized carbons (Fsp3) is 0.297. The molecule has 0 N–H and O–H groups in total. The van der Waals surface area contributed by atoms with Crippen LogP contribution in [0.15, 0.2) is 109 Å². The van der Waals surface area contributed by atoms with E-state index >= 15 is 0 Å². The van der Waals surface area contributed by atoms with Crippen molar-refractivity contribution in [2.24, 2.45) is 0 Å². The molecule has 2 atom stereocenters. The van der Waals surface area contributed by atoms with Crippen molar-refractivity contribution in [2.75, 3.05) is 52.5 Å². The first kappa shape index (κ1) is 37.2. The van der Waals surface area contributed by atoms with Gasteiger partial charge in [0.2, 0.25) is 0 Å². The van der Waals surface area contributed by atoms with Gasteiger partial charge in [0.1, 0.15) is 6.61 Å². The monoisotopic (exact) mass is 682 g/mol. The van der Waals surface area contributed by atoms with E-state index in [0.29, 0.717) is 24.3 Å². The summed E-state index contributed by atoms with van der Waals surface area (Å²) in [6.45, 7) is 7.57. The van der Waals surface area contributed by atoms with Crippen LogP contribution in [0.25, 0.3) is 0 Å². The molecule has 4 aromatic rings. The van der Waals surface area contributed by atoms with Crippen LogP contribution in [0.5, 0.6) is 0 Å². The number of hydrogen-bond donors (Lipinski definition) is 0. The number of rotatable bonds is 13. The summed E-state index contributed by atoms with van der Waals surface area (Å²) in [5, 5.41) is 0.747. The highest BCUT2D eigenvalue weighted by molar-refractivity contribution is 6.30. The van der Waals surface area contributed by atoms with Crippen molar-refractivity contribution in [3.05, 3.63) is 142 Å². The van der Waals surface area contributed by atoms with Gasteiger partial charge in [0.05, 0.1) is 25.2 Å². The molecule has 1 aliphatic heterocycles. The number of hydrogen-bond acceptors (Lipinski definition) is 6. The van der Waals surface area contributed by atoms with Crippen molar-refractivity contribution in [3.63, 3.8) is 0 Å². The van der Waals surface area contributed by atoms with E-state index in [2.05, 4.69) is 52.3 Å². The Bertz CT molecular complexity index is 1500. The Labute approximate surface area is 289 Å². The van der Waals surface area contributed by atoms with Gasteiger partial charge in [-0.2, -0.15) is 0 Å². The van der Waals surface area contributed by atoms with Crippen LogP contribution < -0.4 is 0 Å². The predicted octanol–water partition coefficient (Wildman–Crippen LogP) is 7.49. The third kappa shape index (κ3) is 10.1. The van der Waals surface area contributed by atoms with E-state index in [1.54, 1.807) is 37.3 Å². The first-order valence-electron chi connectivity index (χ1n) is 15.2. The van der Waals surface area contributed by atoms with Gasteiger partial charge in [-0.25, -0.2) is 0 Å². The standard InChI is InChI=1S/C37H39ClN2O4.2ClH/c1-28(32-13-8-14-33(27-32)36(41)31-11-6-3-7-12-31)37(42)44-26-25-43-24-23-39-19-21-40(22-20-39)35(29-9-4-2-5-10-29)30-15-17-34(38)18-16-30;;/h2-18,27-28,35H,19-26H2,1H3;2*1H. The van der Waals surface area contributed by atoms with Crippen molar-refractivity contribution in [3.8, 4) is 0 Å². The summed E-state index contributed by atoms with van der Waals surface area (Å²) in [7, 11) is 0. The van der Waals surface area contributed by atoms with Gasteiger partial charge in [-0.3, -0.25) is 19.4 Å². The molecule has 0 spiro atoms. The normalized spacial score (nSPS) is 14.7.